The Balaban J connectivity index is 2.02. The van der Waals surface area contributed by atoms with E-state index in [2.05, 4.69) is 15.7 Å². The Morgan fingerprint density at radius 1 is 1.17 bits per heavy atom. The first kappa shape index (κ1) is 17.5. The minimum Gasteiger partial charge on any atom is -0.318 e. The van der Waals surface area contributed by atoms with Gasteiger partial charge < -0.3 is 10.6 Å². The van der Waals surface area contributed by atoms with E-state index < -0.39 is 24.4 Å². The number of hydrogen-bond acceptors (Lipinski definition) is 3. The van der Waals surface area contributed by atoms with E-state index in [1.807, 2.05) is 0 Å². The quantitative estimate of drug-likeness (QED) is 0.843. The van der Waals surface area contributed by atoms with E-state index >= 15 is 0 Å². The van der Waals surface area contributed by atoms with E-state index in [1.54, 1.807) is 20.0 Å². The fraction of sp³-hybridized carbons (Fsp3) is 0.267. The maximum Gasteiger partial charge on any atom is 0.393 e. The molecule has 9 heteroatoms. The molecular weight excluding hydrogens is 325 g/mol. The number of carbonyl (C=O) groups is 2. The highest BCUT2D eigenvalue weighted by Gasteiger charge is 2.27. The van der Waals surface area contributed by atoms with E-state index in [1.165, 1.54) is 28.9 Å². The molecular formula is C15H15F3N4O2. The molecule has 1 heterocycles. The zero-order chi connectivity index (χ0) is 17.9. The number of nitrogens with one attached hydrogen (secondary N) is 2. The van der Waals surface area contributed by atoms with Crippen molar-refractivity contribution in [3.05, 3.63) is 41.6 Å². The molecule has 2 amide bonds. The van der Waals surface area contributed by atoms with Crippen LogP contribution in [-0.4, -0.2) is 27.8 Å². The molecule has 0 aliphatic rings. The number of amides is 2. The predicted molar refractivity (Wildman–Crippen MR) is 81.4 cm³/mol. The maximum atomic E-state index is 12.4. The first-order valence-corrected chi connectivity index (χ1v) is 6.93. The van der Waals surface area contributed by atoms with Gasteiger partial charge in [0, 0.05) is 18.8 Å². The summed E-state index contributed by atoms with van der Waals surface area (Å²) in [5.41, 5.74) is 0.758. The summed E-state index contributed by atoms with van der Waals surface area (Å²) >= 11 is 0. The van der Waals surface area contributed by atoms with Crippen molar-refractivity contribution in [1.29, 1.82) is 0 Å². The van der Waals surface area contributed by atoms with Gasteiger partial charge in [-0.2, -0.15) is 18.3 Å². The van der Waals surface area contributed by atoms with Gasteiger partial charge in [-0.05, 0) is 24.6 Å². The standard InChI is InChI=1S/C15H15F3N4O2/c1-9-6-12(22(2)21-9)20-14(24)13(23)19-11-5-3-4-10(7-11)8-15(16,17)18/h3-7H,8H2,1-2H3,(H,19,23)(H,20,24). The van der Waals surface area contributed by atoms with Gasteiger partial charge in [-0.1, -0.05) is 12.1 Å². The summed E-state index contributed by atoms with van der Waals surface area (Å²) in [7, 11) is 1.60. The van der Waals surface area contributed by atoms with Gasteiger partial charge in [0.05, 0.1) is 12.1 Å². The number of nitrogens with zero attached hydrogens (tertiary/aromatic N) is 2. The summed E-state index contributed by atoms with van der Waals surface area (Å²) in [5.74, 6) is -1.60. The van der Waals surface area contributed by atoms with Gasteiger partial charge >= 0.3 is 18.0 Å². The van der Waals surface area contributed by atoms with Crippen molar-refractivity contribution in [2.45, 2.75) is 19.5 Å². The molecule has 1 aromatic heterocycles. The Hall–Kier alpha value is -2.84. The zero-order valence-electron chi connectivity index (χ0n) is 12.9. The molecule has 0 unspecified atom stereocenters. The number of hydrogen-bond donors (Lipinski definition) is 2. The van der Waals surface area contributed by atoms with E-state index in [0.717, 1.165) is 0 Å². The van der Waals surface area contributed by atoms with Gasteiger partial charge in [0.2, 0.25) is 0 Å². The first-order chi connectivity index (χ1) is 11.1. The lowest BCUT2D eigenvalue weighted by molar-refractivity contribution is -0.133. The summed E-state index contributed by atoms with van der Waals surface area (Å²) in [4.78, 5) is 23.7. The predicted octanol–water partition coefficient (Wildman–Crippen LogP) is 2.41. The molecule has 0 saturated heterocycles. The summed E-state index contributed by atoms with van der Waals surface area (Å²) in [6.07, 6.45) is -5.46. The Morgan fingerprint density at radius 3 is 2.42 bits per heavy atom. The summed E-state index contributed by atoms with van der Waals surface area (Å²) in [5, 5.41) is 8.66. The Labute approximate surface area is 135 Å². The third-order valence-electron chi connectivity index (χ3n) is 3.04. The monoisotopic (exact) mass is 340 g/mol. The molecule has 0 bridgehead atoms. The number of aryl methyl sites for hydroxylation is 2. The van der Waals surface area contributed by atoms with Crippen LogP contribution in [0.2, 0.25) is 0 Å². The average Bonchev–Trinajstić information content (AvgIpc) is 2.75. The van der Waals surface area contributed by atoms with Crippen molar-refractivity contribution in [2.75, 3.05) is 10.6 Å². The third-order valence-corrected chi connectivity index (χ3v) is 3.04. The smallest absolute Gasteiger partial charge is 0.318 e. The Bertz CT molecular complexity index is 768. The second-order valence-electron chi connectivity index (χ2n) is 5.20. The number of benzene rings is 1. The van der Waals surface area contributed by atoms with Crippen LogP contribution in [0.4, 0.5) is 24.7 Å². The largest absolute Gasteiger partial charge is 0.393 e. The van der Waals surface area contributed by atoms with Crippen LogP contribution in [0.5, 0.6) is 0 Å². The van der Waals surface area contributed by atoms with Gasteiger partial charge in [-0.25, -0.2) is 0 Å². The number of carbonyl (C=O) groups excluding carboxylic acids is 2. The molecule has 0 fully saturated rings. The van der Waals surface area contributed by atoms with Gasteiger partial charge in [-0.15, -0.1) is 0 Å². The van der Waals surface area contributed by atoms with Crippen LogP contribution in [0.25, 0.3) is 0 Å². The van der Waals surface area contributed by atoms with Crippen LogP contribution in [0.3, 0.4) is 0 Å². The lowest BCUT2D eigenvalue weighted by Gasteiger charge is -2.09. The topological polar surface area (TPSA) is 76.0 Å². The van der Waals surface area contributed by atoms with E-state index in [4.69, 9.17) is 0 Å². The van der Waals surface area contributed by atoms with E-state index in [0.29, 0.717) is 11.5 Å². The fourth-order valence-electron chi connectivity index (χ4n) is 2.08. The maximum absolute atomic E-state index is 12.4. The second-order valence-corrected chi connectivity index (χ2v) is 5.20. The highest BCUT2D eigenvalue weighted by molar-refractivity contribution is 6.43. The third kappa shape index (κ3) is 4.83. The van der Waals surface area contributed by atoms with Crippen LogP contribution in [-0.2, 0) is 23.1 Å². The number of rotatable bonds is 3. The van der Waals surface area contributed by atoms with Crippen LogP contribution in [0.15, 0.2) is 30.3 Å². The van der Waals surface area contributed by atoms with Crippen LogP contribution < -0.4 is 10.6 Å². The Morgan fingerprint density at radius 2 is 1.83 bits per heavy atom. The highest BCUT2D eigenvalue weighted by Crippen LogP contribution is 2.22. The average molecular weight is 340 g/mol. The normalized spacial score (nSPS) is 11.2. The number of halogens is 3. The molecule has 0 saturated carbocycles. The number of anilines is 2. The van der Waals surface area contributed by atoms with Crippen molar-refractivity contribution < 1.29 is 22.8 Å². The molecule has 2 rings (SSSR count). The lowest BCUT2D eigenvalue weighted by atomic mass is 10.1. The zero-order valence-corrected chi connectivity index (χ0v) is 12.9. The molecule has 0 radical (unpaired) electrons. The summed E-state index contributed by atoms with van der Waals surface area (Å²) in [6.45, 7) is 1.72. The summed E-state index contributed by atoms with van der Waals surface area (Å²) < 4.78 is 38.6. The molecule has 0 aliphatic heterocycles. The van der Waals surface area contributed by atoms with Crippen molar-refractivity contribution >= 4 is 23.3 Å². The van der Waals surface area contributed by atoms with Crippen LogP contribution in [0, 0.1) is 6.92 Å². The van der Waals surface area contributed by atoms with E-state index in [-0.39, 0.29) is 11.3 Å². The van der Waals surface area contributed by atoms with E-state index in [9.17, 15) is 22.8 Å². The fourth-order valence-corrected chi connectivity index (χ4v) is 2.08. The molecule has 0 atom stereocenters. The molecule has 0 aliphatic carbocycles. The van der Waals surface area contributed by atoms with Crippen molar-refractivity contribution in [2.24, 2.45) is 7.05 Å². The van der Waals surface area contributed by atoms with Gasteiger partial charge in [0.15, 0.2) is 0 Å². The van der Waals surface area contributed by atoms with Gasteiger partial charge in [-0.3, -0.25) is 14.3 Å². The van der Waals surface area contributed by atoms with Crippen molar-refractivity contribution in [3.8, 4) is 0 Å². The van der Waals surface area contributed by atoms with Crippen molar-refractivity contribution in [1.82, 2.24) is 9.78 Å². The molecule has 24 heavy (non-hydrogen) atoms. The second kappa shape index (κ2) is 6.73. The Kier molecular flexibility index (Phi) is 4.91. The molecule has 6 nitrogen and oxygen atoms in total. The minimum absolute atomic E-state index is 0.0111. The minimum atomic E-state index is -4.35. The molecule has 0 spiro atoms. The molecule has 2 N–H and O–H groups in total. The van der Waals surface area contributed by atoms with Crippen LogP contribution >= 0.6 is 0 Å². The number of alkyl halides is 3. The number of aromatic nitrogens is 2. The van der Waals surface area contributed by atoms with Gasteiger partial charge in [0.25, 0.3) is 0 Å². The van der Waals surface area contributed by atoms with Crippen molar-refractivity contribution in [3.63, 3.8) is 0 Å². The lowest BCUT2D eigenvalue weighted by Crippen LogP contribution is -2.29. The summed E-state index contributed by atoms with van der Waals surface area (Å²) in [6, 6.07) is 6.82. The highest BCUT2D eigenvalue weighted by atomic mass is 19.4. The molecule has 1 aromatic carbocycles. The van der Waals surface area contributed by atoms with Crippen LogP contribution in [0.1, 0.15) is 11.3 Å². The first-order valence-electron chi connectivity index (χ1n) is 6.93. The molecule has 2 aromatic rings. The SMILES string of the molecule is Cc1cc(NC(=O)C(=O)Nc2cccc(CC(F)(F)F)c2)n(C)n1. The van der Waals surface area contributed by atoms with Gasteiger partial charge in [0.1, 0.15) is 5.82 Å². The molecule has 128 valence electrons.